The number of fused-ring (bicyclic) bond motifs is 1. The summed E-state index contributed by atoms with van der Waals surface area (Å²) in [5, 5.41) is 26.2. The Morgan fingerprint density at radius 3 is 2.76 bits per heavy atom. The van der Waals surface area contributed by atoms with Gasteiger partial charge in [0.25, 0.3) is 17.8 Å². The number of halogens is 1. The molecule has 0 radical (unpaired) electrons. The first-order valence-corrected chi connectivity index (χ1v) is 10.4. The van der Waals surface area contributed by atoms with Crippen molar-refractivity contribution < 1.29 is 23.8 Å². The normalized spacial score (nSPS) is 10.9. The van der Waals surface area contributed by atoms with Crippen LogP contribution in [0.15, 0.2) is 71.1 Å². The van der Waals surface area contributed by atoms with E-state index in [4.69, 9.17) is 25.5 Å². The number of amides is 1. The second-order valence-corrected chi connectivity index (χ2v) is 7.52. The van der Waals surface area contributed by atoms with E-state index in [1.165, 1.54) is 12.1 Å². The summed E-state index contributed by atoms with van der Waals surface area (Å²) in [5.41, 5.74) is 1.72. The molecule has 0 spiro atoms. The largest absolute Gasteiger partial charge is 0.506 e. The van der Waals surface area contributed by atoms with Crippen molar-refractivity contribution in [1.29, 1.82) is 0 Å². The van der Waals surface area contributed by atoms with Crippen LogP contribution in [0.1, 0.15) is 15.9 Å². The molecule has 0 aliphatic heterocycles. The quantitative estimate of drug-likeness (QED) is 0.300. The highest BCUT2D eigenvalue weighted by Gasteiger charge is 2.14. The topological polar surface area (TPSA) is 135 Å². The van der Waals surface area contributed by atoms with E-state index in [2.05, 4.69) is 25.9 Å². The molecule has 1 amide bonds. The highest BCUT2D eigenvalue weighted by atomic mass is 35.5. The number of carbonyl (C=O) groups is 1. The molecule has 0 bridgehead atoms. The average molecular weight is 478 g/mol. The van der Waals surface area contributed by atoms with E-state index in [1.807, 2.05) is 6.07 Å². The summed E-state index contributed by atoms with van der Waals surface area (Å²) in [6, 6.07) is 18.6. The first kappa shape index (κ1) is 21.3. The van der Waals surface area contributed by atoms with Gasteiger partial charge in [0.2, 0.25) is 0 Å². The molecule has 3 aromatic carbocycles. The van der Waals surface area contributed by atoms with E-state index in [-0.39, 0.29) is 35.2 Å². The number of hydrogen-bond donors (Lipinski definition) is 3. The van der Waals surface area contributed by atoms with Gasteiger partial charge in [-0.25, -0.2) is 0 Å². The van der Waals surface area contributed by atoms with Crippen molar-refractivity contribution in [2.45, 2.75) is 6.61 Å². The Morgan fingerprint density at radius 1 is 1.09 bits per heavy atom. The zero-order chi connectivity index (χ0) is 23.5. The minimum atomic E-state index is -0.373. The summed E-state index contributed by atoms with van der Waals surface area (Å²) in [4.78, 5) is 12.6. The molecule has 11 heteroatoms. The number of phenols is 1. The molecule has 0 aliphatic carbocycles. The highest BCUT2D eigenvalue weighted by molar-refractivity contribution is 6.32. The zero-order valence-electron chi connectivity index (χ0n) is 17.4. The lowest BCUT2D eigenvalue weighted by Gasteiger charge is -2.10. The maximum absolute atomic E-state index is 12.6. The summed E-state index contributed by atoms with van der Waals surface area (Å²) in [6.07, 6.45) is 0. The van der Waals surface area contributed by atoms with Crippen LogP contribution in [0.25, 0.3) is 11.0 Å². The molecule has 2 aromatic heterocycles. The van der Waals surface area contributed by atoms with Crippen molar-refractivity contribution in [1.82, 2.24) is 20.6 Å². The number of ether oxygens (including phenoxy) is 2. The first-order valence-electron chi connectivity index (χ1n) is 10.0. The van der Waals surface area contributed by atoms with Crippen LogP contribution in [0.5, 0.6) is 23.2 Å². The second kappa shape index (κ2) is 9.12. The van der Waals surface area contributed by atoms with Crippen LogP contribution in [0.2, 0.25) is 5.02 Å². The summed E-state index contributed by atoms with van der Waals surface area (Å²) in [7, 11) is 0. The number of hydrogen-bond acceptors (Lipinski definition) is 8. The van der Waals surface area contributed by atoms with Gasteiger partial charge in [0.1, 0.15) is 29.4 Å². The number of phenolic OH excluding ortho intramolecular Hbond substituents is 1. The Morgan fingerprint density at radius 2 is 1.94 bits per heavy atom. The number of rotatable bonds is 7. The van der Waals surface area contributed by atoms with Gasteiger partial charge in [-0.2, -0.15) is 5.21 Å². The SMILES string of the molecule is O=C(Nc1nn[nH]n1)c1ccccc1COc1ccc2oc(Oc3ccc(O)c(Cl)c3)cc2c1. The van der Waals surface area contributed by atoms with Crippen LogP contribution in [0, 0.1) is 0 Å². The maximum atomic E-state index is 12.6. The van der Waals surface area contributed by atoms with Gasteiger partial charge >= 0.3 is 0 Å². The number of aromatic nitrogens is 4. The summed E-state index contributed by atoms with van der Waals surface area (Å²) >= 11 is 5.92. The molecule has 10 nitrogen and oxygen atoms in total. The van der Waals surface area contributed by atoms with Gasteiger partial charge in [0, 0.05) is 28.6 Å². The first-order chi connectivity index (χ1) is 16.5. The van der Waals surface area contributed by atoms with Crippen LogP contribution < -0.4 is 14.8 Å². The summed E-state index contributed by atoms with van der Waals surface area (Å²) < 4.78 is 17.3. The minimum absolute atomic E-state index is 0.0331. The van der Waals surface area contributed by atoms with Crippen LogP contribution in [-0.4, -0.2) is 31.6 Å². The molecule has 0 saturated heterocycles. The van der Waals surface area contributed by atoms with E-state index in [9.17, 15) is 9.90 Å². The second-order valence-electron chi connectivity index (χ2n) is 7.12. The molecule has 0 fully saturated rings. The fourth-order valence-electron chi connectivity index (χ4n) is 3.22. The van der Waals surface area contributed by atoms with Crippen molar-refractivity contribution in [3.63, 3.8) is 0 Å². The van der Waals surface area contributed by atoms with E-state index in [0.29, 0.717) is 28.2 Å². The van der Waals surface area contributed by atoms with E-state index in [1.54, 1.807) is 48.5 Å². The van der Waals surface area contributed by atoms with Gasteiger partial charge < -0.3 is 19.0 Å². The van der Waals surface area contributed by atoms with Crippen molar-refractivity contribution >= 4 is 34.4 Å². The monoisotopic (exact) mass is 477 g/mol. The molecule has 170 valence electrons. The fourth-order valence-corrected chi connectivity index (χ4v) is 3.39. The third kappa shape index (κ3) is 4.62. The third-order valence-electron chi connectivity index (χ3n) is 4.83. The summed E-state index contributed by atoms with van der Waals surface area (Å²) in [6.45, 7) is 0.161. The zero-order valence-corrected chi connectivity index (χ0v) is 18.1. The van der Waals surface area contributed by atoms with Crippen LogP contribution in [0.4, 0.5) is 5.95 Å². The number of tetrazole rings is 1. The van der Waals surface area contributed by atoms with E-state index < -0.39 is 0 Å². The predicted octanol–water partition coefficient (Wildman–Crippen LogP) is 4.93. The van der Waals surface area contributed by atoms with Gasteiger partial charge in [-0.1, -0.05) is 34.9 Å². The molecule has 34 heavy (non-hydrogen) atoms. The molecule has 5 rings (SSSR count). The van der Waals surface area contributed by atoms with Crippen LogP contribution in [-0.2, 0) is 6.61 Å². The average Bonchev–Trinajstić information content (AvgIpc) is 3.49. The molecular formula is C23H16ClN5O5. The molecule has 3 N–H and O–H groups in total. The number of nitrogens with zero attached hydrogens (tertiary/aromatic N) is 3. The number of furan rings is 1. The molecule has 0 aliphatic rings. The Balaban J connectivity index is 1.29. The Labute approximate surface area is 197 Å². The Hall–Kier alpha value is -4.57. The molecule has 5 aromatic rings. The van der Waals surface area contributed by atoms with Gasteiger partial charge in [-0.05, 0) is 41.6 Å². The van der Waals surface area contributed by atoms with Crippen molar-refractivity contribution in [3.8, 4) is 23.2 Å². The molecule has 0 saturated carbocycles. The lowest BCUT2D eigenvalue weighted by atomic mass is 10.1. The van der Waals surface area contributed by atoms with E-state index in [0.717, 1.165) is 5.39 Å². The predicted molar refractivity (Wildman–Crippen MR) is 122 cm³/mol. The molecule has 2 heterocycles. The van der Waals surface area contributed by atoms with Crippen molar-refractivity contribution in [2.75, 3.05) is 5.32 Å². The number of benzene rings is 3. The smallest absolute Gasteiger partial charge is 0.291 e. The number of carbonyl (C=O) groups excluding carboxylic acids is 1. The third-order valence-corrected chi connectivity index (χ3v) is 5.13. The highest BCUT2D eigenvalue weighted by Crippen LogP contribution is 2.34. The minimum Gasteiger partial charge on any atom is -0.506 e. The van der Waals surface area contributed by atoms with Gasteiger partial charge in [0.05, 0.1) is 5.02 Å². The molecule has 0 unspecified atom stereocenters. The van der Waals surface area contributed by atoms with Crippen LogP contribution >= 0.6 is 11.6 Å². The standard InChI is InChI=1S/C23H16ClN5O5/c24-18-11-16(5-7-19(18)30)33-21-10-14-9-15(6-8-20(14)34-21)32-12-13-3-1-2-4-17(13)22(31)25-23-26-28-29-27-23/h1-11,30H,12H2,(H2,25,26,27,28,29,31). The Kier molecular flexibility index (Phi) is 5.71. The maximum Gasteiger partial charge on any atom is 0.291 e. The van der Waals surface area contributed by atoms with Gasteiger partial charge in [-0.15, -0.1) is 5.10 Å². The van der Waals surface area contributed by atoms with Crippen molar-refractivity contribution in [2.24, 2.45) is 0 Å². The number of aromatic hydroxyl groups is 1. The lowest BCUT2D eigenvalue weighted by Crippen LogP contribution is -2.16. The Bertz CT molecular complexity index is 1470. The van der Waals surface area contributed by atoms with Crippen LogP contribution in [0.3, 0.4) is 0 Å². The van der Waals surface area contributed by atoms with Gasteiger partial charge in [-0.3, -0.25) is 10.1 Å². The number of anilines is 1. The lowest BCUT2D eigenvalue weighted by molar-refractivity contribution is 0.102. The van der Waals surface area contributed by atoms with Gasteiger partial charge in [0.15, 0.2) is 0 Å². The fraction of sp³-hybridized carbons (Fsp3) is 0.0435. The number of aromatic amines is 1. The molecule has 0 atom stereocenters. The molecular weight excluding hydrogens is 462 g/mol. The van der Waals surface area contributed by atoms with E-state index >= 15 is 0 Å². The number of nitrogens with one attached hydrogen (secondary N) is 2. The van der Waals surface area contributed by atoms with Crippen molar-refractivity contribution in [3.05, 3.63) is 82.9 Å². The summed E-state index contributed by atoms with van der Waals surface area (Å²) in [5.74, 6) is 0.947. The number of H-pyrrole nitrogens is 1.